The van der Waals surface area contributed by atoms with Gasteiger partial charge in [-0.25, -0.2) is 16.8 Å². The van der Waals surface area contributed by atoms with E-state index in [0.717, 1.165) is 40.5 Å². The van der Waals surface area contributed by atoms with Gasteiger partial charge in [0.05, 0.1) is 23.9 Å². The van der Waals surface area contributed by atoms with Crippen molar-refractivity contribution in [3.8, 4) is 5.75 Å². The maximum Gasteiger partial charge on any atom is 0.229 e. The molecule has 1 aliphatic rings. The first kappa shape index (κ1) is 29.9. The molecule has 0 aromatic heterocycles. The summed E-state index contributed by atoms with van der Waals surface area (Å²) in [4.78, 5) is 0. The predicted molar refractivity (Wildman–Crippen MR) is 163 cm³/mol. The molecule has 3 atom stereocenters. The second-order valence-electron chi connectivity index (χ2n) is 10.3. The average Bonchev–Trinajstić information content (AvgIpc) is 2.85. The Morgan fingerprint density at radius 1 is 0.900 bits per heavy atom. The molecule has 1 heterocycles. The van der Waals surface area contributed by atoms with Gasteiger partial charge in [0.15, 0.2) is 0 Å². The van der Waals surface area contributed by atoms with Crippen LogP contribution in [0.3, 0.4) is 0 Å². The molecule has 4 rings (SSSR count). The summed E-state index contributed by atoms with van der Waals surface area (Å²) in [7, 11) is -7.10. The normalized spacial score (nSPS) is 16.7. The molecule has 0 radical (unpaired) electrons. The second kappa shape index (κ2) is 12.2. The topological polar surface area (TPSA) is 128 Å². The Hall–Kier alpha value is -3.05. The van der Waals surface area contributed by atoms with Crippen LogP contribution in [0.25, 0.3) is 5.57 Å². The smallest absolute Gasteiger partial charge is 0.229 e. The Labute approximate surface area is 241 Å². The molecule has 11 heteroatoms. The zero-order chi connectivity index (χ0) is 29.1. The zero-order valence-corrected chi connectivity index (χ0v) is 25.0. The van der Waals surface area contributed by atoms with Crippen LogP contribution >= 0.6 is 11.6 Å². The Kier molecular flexibility index (Phi) is 9.14. The van der Waals surface area contributed by atoms with Gasteiger partial charge in [0.1, 0.15) is 11.9 Å². The molecule has 3 aromatic carbocycles. The number of hydrogen-bond donors (Lipinski definition) is 3. The number of rotatable bonds is 11. The molecule has 3 unspecified atom stereocenters. The Bertz CT molecular complexity index is 1560. The molecule has 8 nitrogen and oxygen atoms in total. The number of hydrogen-bond acceptors (Lipinski definition) is 6. The van der Waals surface area contributed by atoms with Crippen LogP contribution in [0.5, 0.6) is 5.75 Å². The van der Waals surface area contributed by atoms with Crippen molar-refractivity contribution in [2.24, 2.45) is 11.7 Å². The number of aryl methyl sites for hydroxylation is 1. The number of benzene rings is 3. The minimum absolute atomic E-state index is 0.0198. The lowest BCUT2D eigenvalue weighted by atomic mass is 9.84. The highest BCUT2D eigenvalue weighted by molar-refractivity contribution is 7.92. The first-order chi connectivity index (χ1) is 18.8. The van der Waals surface area contributed by atoms with E-state index in [1.165, 1.54) is 6.07 Å². The summed E-state index contributed by atoms with van der Waals surface area (Å²) in [5.74, 6) is 0.757. The first-order valence-electron chi connectivity index (χ1n) is 12.8. The fourth-order valence-corrected chi connectivity index (χ4v) is 6.08. The van der Waals surface area contributed by atoms with Gasteiger partial charge in [-0.3, -0.25) is 9.44 Å². The van der Waals surface area contributed by atoms with E-state index in [-0.39, 0.29) is 29.4 Å². The molecule has 214 valence electrons. The van der Waals surface area contributed by atoms with Crippen molar-refractivity contribution < 1.29 is 21.6 Å². The van der Waals surface area contributed by atoms with Gasteiger partial charge in [0.2, 0.25) is 20.0 Å². The van der Waals surface area contributed by atoms with Crippen molar-refractivity contribution in [2.45, 2.75) is 38.3 Å². The molecule has 0 aliphatic carbocycles. The molecule has 40 heavy (non-hydrogen) atoms. The van der Waals surface area contributed by atoms with Crippen molar-refractivity contribution in [2.75, 3.05) is 22.0 Å². The number of nitrogens with two attached hydrogens (primary N) is 1. The third kappa shape index (κ3) is 8.47. The van der Waals surface area contributed by atoms with Crippen LogP contribution in [0.15, 0.2) is 72.8 Å². The summed E-state index contributed by atoms with van der Waals surface area (Å²) in [6.07, 6.45) is 5.89. The zero-order valence-electron chi connectivity index (χ0n) is 22.6. The maximum absolute atomic E-state index is 11.8. The third-order valence-electron chi connectivity index (χ3n) is 6.64. The van der Waals surface area contributed by atoms with Gasteiger partial charge in [0, 0.05) is 23.0 Å². The van der Waals surface area contributed by atoms with Gasteiger partial charge >= 0.3 is 0 Å². The van der Waals surface area contributed by atoms with Crippen LogP contribution in [0, 0.1) is 5.92 Å². The molecule has 0 spiro atoms. The van der Waals surface area contributed by atoms with Crippen molar-refractivity contribution in [3.05, 3.63) is 94.5 Å². The quantitative estimate of drug-likeness (QED) is 0.281. The van der Waals surface area contributed by atoms with E-state index in [4.69, 9.17) is 22.1 Å². The van der Waals surface area contributed by atoms with Crippen molar-refractivity contribution in [1.29, 1.82) is 0 Å². The summed E-state index contributed by atoms with van der Waals surface area (Å²) in [5.41, 5.74) is 11.2. The molecule has 3 aromatic rings. The molecule has 4 N–H and O–H groups in total. The van der Waals surface area contributed by atoms with E-state index in [1.807, 2.05) is 30.3 Å². The van der Waals surface area contributed by atoms with Gasteiger partial charge in [-0.1, -0.05) is 48.9 Å². The number of sulfonamides is 2. The van der Waals surface area contributed by atoms with Gasteiger partial charge in [-0.05, 0) is 77.9 Å². The van der Waals surface area contributed by atoms with Crippen molar-refractivity contribution in [1.82, 2.24) is 0 Å². The van der Waals surface area contributed by atoms with E-state index in [2.05, 4.69) is 34.6 Å². The lowest BCUT2D eigenvalue weighted by Crippen LogP contribution is -2.33. The largest absolute Gasteiger partial charge is 0.485 e. The van der Waals surface area contributed by atoms with Crippen molar-refractivity contribution >= 4 is 48.6 Å². The molecule has 0 saturated heterocycles. The van der Waals surface area contributed by atoms with Crippen LogP contribution in [0.2, 0.25) is 5.02 Å². The lowest BCUT2D eigenvalue weighted by Gasteiger charge is -2.31. The Morgan fingerprint density at radius 2 is 1.52 bits per heavy atom. The molecule has 1 aliphatic heterocycles. The van der Waals surface area contributed by atoms with Gasteiger partial charge in [-0.2, -0.15) is 0 Å². The molecular formula is C29H34ClN3O5S2. The minimum Gasteiger partial charge on any atom is -0.485 e. The van der Waals surface area contributed by atoms with Gasteiger partial charge < -0.3 is 10.5 Å². The summed E-state index contributed by atoms with van der Waals surface area (Å²) < 4.78 is 58.4. The maximum atomic E-state index is 11.8. The standard InChI is InChI=1S/C29H34ClN3O5S2/c1-19(9-10-21-13-23(32-39(2,34)35)17-24(14-21)33-40(3,36)37)29(31)27-18-25(15-20-7-5-4-6-8-20)38-28-12-11-22(30)16-26(27)28/h4-8,11-14,16-19,25,29,32-33H,9-10,15,31H2,1-3H3. The minimum atomic E-state index is -3.55. The molecule has 0 amide bonds. The number of anilines is 2. The van der Waals surface area contributed by atoms with Gasteiger partial charge in [-0.15, -0.1) is 0 Å². The van der Waals surface area contributed by atoms with E-state index in [1.54, 1.807) is 18.2 Å². The van der Waals surface area contributed by atoms with Crippen LogP contribution in [0.4, 0.5) is 11.4 Å². The molecule has 0 bridgehead atoms. The number of halogens is 1. The molecule has 0 saturated carbocycles. The Morgan fingerprint density at radius 3 is 2.12 bits per heavy atom. The van der Waals surface area contributed by atoms with Gasteiger partial charge in [0.25, 0.3) is 0 Å². The van der Waals surface area contributed by atoms with E-state index in [0.29, 0.717) is 24.3 Å². The van der Waals surface area contributed by atoms with Crippen LogP contribution < -0.4 is 19.9 Å². The third-order valence-corrected chi connectivity index (χ3v) is 8.08. The number of ether oxygens (including phenoxy) is 1. The van der Waals surface area contributed by atoms with E-state index < -0.39 is 20.0 Å². The summed E-state index contributed by atoms with van der Waals surface area (Å²) >= 11 is 6.33. The molecule has 0 fully saturated rings. The molecular weight excluding hydrogens is 570 g/mol. The first-order valence-corrected chi connectivity index (χ1v) is 17.0. The fourth-order valence-electron chi connectivity index (χ4n) is 4.82. The summed E-state index contributed by atoms with van der Waals surface area (Å²) in [6.45, 7) is 2.06. The fraction of sp³-hybridized carbons (Fsp3) is 0.310. The summed E-state index contributed by atoms with van der Waals surface area (Å²) in [5, 5.41) is 0.593. The monoisotopic (exact) mass is 603 g/mol. The highest BCUT2D eigenvalue weighted by atomic mass is 35.5. The number of nitrogens with one attached hydrogen (secondary N) is 2. The number of fused-ring (bicyclic) bond motifs is 1. The predicted octanol–water partition coefficient (Wildman–Crippen LogP) is 5.07. The lowest BCUT2D eigenvalue weighted by molar-refractivity contribution is 0.243. The van der Waals surface area contributed by atoms with Crippen LogP contribution in [0.1, 0.15) is 30.0 Å². The summed E-state index contributed by atoms with van der Waals surface area (Å²) in [6, 6.07) is 20.2. The van der Waals surface area contributed by atoms with E-state index in [9.17, 15) is 16.8 Å². The highest BCUT2D eigenvalue weighted by Crippen LogP contribution is 2.38. The Balaban J connectivity index is 1.56. The van der Waals surface area contributed by atoms with E-state index >= 15 is 0 Å². The van der Waals surface area contributed by atoms with Crippen molar-refractivity contribution in [3.63, 3.8) is 0 Å². The van der Waals surface area contributed by atoms with Crippen LogP contribution in [-0.2, 0) is 32.9 Å². The highest BCUT2D eigenvalue weighted by Gasteiger charge is 2.27. The second-order valence-corrected chi connectivity index (χ2v) is 14.3. The van der Waals surface area contributed by atoms with Crippen LogP contribution in [-0.4, -0.2) is 41.5 Å². The average molecular weight is 604 g/mol. The SMILES string of the molecule is CC(CCc1cc(NS(C)(=O)=O)cc(NS(C)(=O)=O)c1)C(N)C1=CC(Cc2ccccc2)Oc2ccc(Cl)cc21.